The molecule has 5 heteroatoms. The van der Waals surface area contributed by atoms with E-state index in [1.165, 1.54) is 17.7 Å². The van der Waals surface area contributed by atoms with Crippen LogP contribution in [0.1, 0.15) is 5.56 Å². The summed E-state index contributed by atoms with van der Waals surface area (Å²) in [5, 5.41) is 1.09. The lowest BCUT2D eigenvalue weighted by Crippen LogP contribution is -2.46. The van der Waals surface area contributed by atoms with Gasteiger partial charge in [0.2, 0.25) is 0 Å². The van der Waals surface area contributed by atoms with Crippen LogP contribution in [0, 0.1) is 5.82 Å². The molecule has 0 spiro atoms. The van der Waals surface area contributed by atoms with Crippen LogP contribution in [-0.4, -0.2) is 43.2 Å². The first kappa shape index (κ1) is 20.5. The molecule has 4 aromatic rings. The van der Waals surface area contributed by atoms with Gasteiger partial charge in [-0.15, -0.1) is 0 Å². The van der Waals surface area contributed by atoms with Gasteiger partial charge in [0.05, 0.1) is 12.6 Å². The summed E-state index contributed by atoms with van der Waals surface area (Å²) in [7, 11) is 1.72. The normalized spacial score (nSPS) is 14.6. The Balaban J connectivity index is 1.34. The first-order valence-corrected chi connectivity index (χ1v) is 11.0. The van der Waals surface area contributed by atoms with Gasteiger partial charge in [0, 0.05) is 49.2 Å². The van der Waals surface area contributed by atoms with Crippen molar-refractivity contribution < 1.29 is 9.13 Å². The van der Waals surface area contributed by atoms with Crippen LogP contribution >= 0.6 is 0 Å². The van der Waals surface area contributed by atoms with Crippen LogP contribution in [0.3, 0.4) is 0 Å². The van der Waals surface area contributed by atoms with Gasteiger partial charge >= 0.3 is 0 Å². The number of nitrogens with zero attached hydrogens (tertiary/aromatic N) is 3. The maximum Gasteiger partial charge on any atom is 0.129 e. The standard InChI is InChI=1S/C27H26FN3O/c1-32-25-8-3-2-5-22(25)19-30-15-17-31(18-16-30)26-14-11-21-6-4-7-24(27(21)29-26)20-9-12-23(28)13-10-20/h2-14H,15-19H2,1H3. The Hall–Kier alpha value is -3.44. The fourth-order valence-corrected chi connectivity index (χ4v) is 4.38. The van der Waals surface area contributed by atoms with Crippen molar-refractivity contribution in [2.45, 2.75) is 6.54 Å². The van der Waals surface area contributed by atoms with Crippen LogP contribution in [0.25, 0.3) is 22.0 Å². The van der Waals surface area contributed by atoms with E-state index in [1.54, 1.807) is 7.11 Å². The van der Waals surface area contributed by atoms with E-state index in [2.05, 4.69) is 46.2 Å². The van der Waals surface area contributed by atoms with Gasteiger partial charge in [-0.3, -0.25) is 4.90 Å². The summed E-state index contributed by atoms with van der Waals surface area (Å²) < 4.78 is 18.9. The van der Waals surface area contributed by atoms with Gasteiger partial charge in [0.15, 0.2) is 0 Å². The summed E-state index contributed by atoms with van der Waals surface area (Å²) in [6, 6.07) is 25.2. The largest absolute Gasteiger partial charge is 0.496 e. The number of pyridine rings is 1. The van der Waals surface area contributed by atoms with E-state index in [-0.39, 0.29) is 5.82 Å². The zero-order valence-corrected chi connectivity index (χ0v) is 18.2. The number of piperazine rings is 1. The van der Waals surface area contributed by atoms with Crippen LogP contribution in [0.2, 0.25) is 0 Å². The third-order valence-corrected chi connectivity index (χ3v) is 6.14. The highest BCUT2D eigenvalue weighted by Crippen LogP contribution is 2.30. The van der Waals surface area contributed by atoms with Crippen LogP contribution in [-0.2, 0) is 6.54 Å². The summed E-state index contributed by atoms with van der Waals surface area (Å²) in [4.78, 5) is 9.83. The molecule has 32 heavy (non-hydrogen) atoms. The fraction of sp³-hybridized carbons (Fsp3) is 0.222. The zero-order valence-electron chi connectivity index (χ0n) is 18.2. The number of fused-ring (bicyclic) bond motifs is 1. The Labute approximate surface area is 187 Å². The van der Waals surface area contributed by atoms with Crippen LogP contribution < -0.4 is 9.64 Å². The molecule has 0 aliphatic carbocycles. The van der Waals surface area contributed by atoms with Gasteiger partial charge in [-0.05, 0) is 35.9 Å². The van der Waals surface area contributed by atoms with Gasteiger partial charge in [-0.1, -0.05) is 48.5 Å². The molecule has 4 nitrogen and oxygen atoms in total. The molecular weight excluding hydrogens is 401 g/mol. The second-order valence-corrected chi connectivity index (χ2v) is 8.13. The van der Waals surface area contributed by atoms with E-state index in [9.17, 15) is 4.39 Å². The summed E-state index contributed by atoms with van der Waals surface area (Å²) in [6.45, 7) is 4.67. The van der Waals surface area contributed by atoms with E-state index >= 15 is 0 Å². The van der Waals surface area contributed by atoms with E-state index in [1.807, 2.05) is 30.3 Å². The number of halogens is 1. The molecule has 0 saturated carbocycles. The molecule has 0 unspecified atom stereocenters. The minimum atomic E-state index is -0.228. The monoisotopic (exact) mass is 427 g/mol. The Morgan fingerprint density at radius 2 is 1.62 bits per heavy atom. The highest BCUT2D eigenvalue weighted by molar-refractivity contribution is 5.94. The first-order valence-electron chi connectivity index (χ1n) is 11.0. The van der Waals surface area contributed by atoms with Crippen molar-refractivity contribution in [2.24, 2.45) is 0 Å². The Bertz CT molecular complexity index is 1220. The Morgan fingerprint density at radius 1 is 0.844 bits per heavy atom. The second kappa shape index (κ2) is 8.97. The predicted octanol–water partition coefficient (Wildman–Crippen LogP) is 5.37. The molecule has 1 aromatic heterocycles. The summed E-state index contributed by atoms with van der Waals surface area (Å²) >= 11 is 0. The molecule has 162 valence electrons. The molecule has 0 radical (unpaired) electrons. The molecule has 1 aliphatic heterocycles. The number of hydrogen-bond acceptors (Lipinski definition) is 4. The molecule has 0 bridgehead atoms. The number of para-hydroxylation sites is 2. The molecular formula is C27H26FN3O. The minimum Gasteiger partial charge on any atom is -0.496 e. The van der Waals surface area contributed by atoms with Crippen molar-refractivity contribution in [1.29, 1.82) is 0 Å². The highest BCUT2D eigenvalue weighted by Gasteiger charge is 2.20. The summed E-state index contributed by atoms with van der Waals surface area (Å²) in [6.07, 6.45) is 0. The molecule has 1 fully saturated rings. The Kier molecular flexibility index (Phi) is 5.73. The summed E-state index contributed by atoms with van der Waals surface area (Å²) in [5.41, 5.74) is 4.17. The lowest BCUT2D eigenvalue weighted by molar-refractivity contribution is 0.245. The zero-order chi connectivity index (χ0) is 21.9. The van der Waals surface area contributed by atoms with E-state index < -0.39 is 0 Å². The SMILES string of the molecule is COc1ccccc1CN1CCN(c2ccc3cccc(-c4ccc(F)cc4)c3n2)CC1. The number of ether oxygens (including phenoxy) is 1. The second-order valence-electron chi connectivity index (χ2n) is 8.13. The topological polar surface area (TPSA) is 28.6 Å². The lowest BCUT2D eigenvalue weighted by Gasteiger charge is -2.35. The van der Waals surface area contributed by atoms with Gasteiger partial charge in [-0.25, -0.2) is 9.37 Å². The number of hydrogen-bond donors (Lipinski definition) is 0. The average Bonchev–Trinajstić information content (AvgIpc) is 2.85. The molecule has 3 aromatic carbocycles. The fourth-order valence-electron chi connectivity index (χ4n) is 4.38. The predicted molar refractivity (Wildman–Crippen MR) is 128 cm³/mol. The smallest absolute Gasteiger partial charge is 0.129 e. The maximum atomic E-state index is 13.4. The third kappa shape index (κ3) is 4.16. The number of benzene rings is 3. The maximum absolute atomic E-state index is 13.4. The van der Waals surface area contributed by atoms with Gasteiger partial charge in [0.25, 0.3) is 0 Å². The average molecular weight is 428 g/mol. The van der Waals surface area contributed by atoms with E-state index in [4.69, 9.17) is 9.72 Å². The van der Waals surface area contributed by atoms with Crippen molar-refractivity contribution in [1.82, 2.24) is 9.88 Å². The molecule has 0 atom stereocenters. The van der Waals surface area contributed by atoms with Crippen molar-refractivity contribution in [3.8, 4) is 16.9 Å². The van der Waals surface area contributed by atoms with Crippen LogP contribution in [0.5, 0.6) is 5.75 Å². The van der Waals surface area contributed by atoms with Gasteiger partial charge in [0.1, 0.15) is 17.4 Å². The van der Waals surface area contributed by atoms with Crippen molar-refractivity contribution in [3.05, 3.63) is 90.2 Å². The molecule has 0 amide bonds. The van der Waals surface area contributed by atoms with Crippen molar-refractivity contribution in [3.63, 3.8) is 0 Å². The molecule has 0 N–H and O–H groups in total. The van der Waals surface area contributed by atoms with Crippen molar-refractivity contribution in [2.75, 3.05) is 38.2 Å². The molecule has 1 saturated heterocycles. The van der Waals surface area contributed by atoms with Gasteiger partial charge < -0.3 is 9.64 Å². The van der Waals surface area contributed by atoms with Gasteiger partial charge in [-0.2, -0.15) is 0 Å². The van der Waals surface area contributed by atoms with Crippen LogP contribution in [0.4, 0.5) is 10.2 Å². The lowest BCUT2D eigenvalue weighted by atomic mass is 10.0. The van der Waals surface area contributed by atoms with E-state index in [0.29, 0.717) is 0 Å². The Morgan fingerprint density at radius 3 is 2.41 bits per heavy atom. The first-order chi connectivity index (χ1) is 15.7. The number of methoxy groups -OCH3 is 1. The summed E-state index contributed by atoms with van der Waals surface area (Å²) in [5.74, 6) is 1.71. The minimum absolute atomic E-state index is 0.228. The number of anilines is 1. The molecule has 2 heterocycles. The molecule has 1 aliphatic rings. The van der Waals surface area contributed by atoms with E-state index in [0.717, 1.165) is 66.3 Å². The highest BCUT2D eigenvalue weighted by atomic mass is 19.1. The van der Waals surface area contributed by atoms with Crippen LogP contribution in [0.15, 0.2) is 78.9 Å². The third-order valence-electron chi connectivity index (χ3n) is 6.14. The number of aromatic nitrogens is 1. The number of rotatable bonds is 5. The molecule has 5 rings (SSSR count). The quantitative estimate of drug-likeness (QED) is 0.428. The van der Waals surface area contributed by atoms with Crippen molar-refractivity contribution >= 4 is 16.7 Å².